The molecule has 0 spiro atoms. The second-order valence-electron chi connectivity index (χ2n) is 8.93. The summed E-state index contributed by atoms with van der Waals surface area (Å²) in [4.78, 5) is 37.4. The van der Waals surface area contributed by atoms with Crippen molar-refractivity contribution in [2.45, 2.75) is 37.5 Å². The van der Waals surface area contributed by atoms with Gasteiger partial charge in [0, 0.05) is 36.0 Å². The molecule has 186 valence electrons. The third-order valence-electron chi connectivity index (χ3n) is 6.41. The van der Waals surface area contributed by atoms with E-state index in [1.807, 2.05) is 42.5 Å². The topological polar surface area (TPSA) is 113 Å². The molecule has 3 unspecified atom stereocenters. The number of carbonyl (C=O) groups is 2. The van der Waals surface area contributed by atoms with Crippen LogP contribution in [-0.4, -0.2) is 56.8 Å². The van der Waals surface area contributed by atoms with Crippen LogP contribution in [0.25, 0.3) is 10.9 Å². The molecule has 9 nitrogen and oxygen atoms in total. The van der Waals surface area contributed by atoms with Crippen molar-refractivity contribution in [2.75, 3.05) is 13.1 Å². The predicted octanol–water partition coefficient (Wildman–Crippen LogP) is 4.05. The molecule has 5 rings (SSSR count). The number of hydrogen-bond acceptors (Lipinski definition) is 7. The molecular weight excluding hydrogens is 528 g/mol. The first-order valence-electron chi connectivity index (χ1n) is 11.7. The van der Waals surface area contributed by atoms with Gasteiger partial charge < -0.3 is 20.0 Å². The molecule has 0 radical (unpaired) electrons. The fraction of sp³-hybridized carbons (Fsp3) is 0.308. The average Bonchev–Trinajstić information content (AvgIpc) is 3.53. The Balaban J connectivity index is 1.27. The average molecular weight is 553 g/mol. The van der Waals surface area contributed by atoms with Crippen LogP contribution in [0.3, 0.4) is 0 Å². The van der Waals surface area contributed by atoms with E-state index in [1.165, 1.54) is 4.90 Å². The third kappa shape index (κ3) is 5.43. The number of phenolic OH excluding ortho intramolecular Hbond substituents is 1. The number of benzene rings is 2. The first-order valence-corrected chi connectivity index (χ1v) is 12.5. The maximum Gasteiger partial charge on any atom is 0.410 e. The molecule has 2 aliphatic rings. The molecule has 36 heavy (non-hydrogen) atoms. The van der Waals surface area contributed by atoms with Gasteiger partial charge in [-0.05, 0) is 52.2 Å². The molecule has 1 saturated heterocycles. The highest BCUT2D eigenvalue weighted by Gasteiger charge is 2.41. The number of likely N-dealkylation sites (tertiary alicyclic amines) is 1. The molecule has 1 aromatic heterocycles. The van der Waals surface area contributed by atoms with E-state index in [1.54, 1.807) is 18.3 Å². The van der Waals surface area contributed by atoms with Crippen LogP contribution in [0.2, 0.25) is 0 Å². The lowest BCUT2D eigenvalue weighted by atomic mass is 9.96. The summed E-state index contributed by atoms with van der Waals surface area (Å²) < 4.78 is 6.31. The van der Waals surface area contributed by atoms with Gasteiger partial charge in [0.2, 0.25) is 5.91 Å². The maximum atomic E-state index is 13.1. The van der Waals surface area contributed by atoms with Gasteiger partial charge in [0.25, 0.3) is 0 Å². The zero-order chi connectivity index (χ0) is 25.1. The number of amides is 2. The van der Waals surface area contributed by atoms with E-state index in [-0.39, 0.29) is 36.8 Å². The van der Waals surface area contributed by atoms with Crippen LogP contribution in [0.4, 0.5) is 4.79 Å². The van der Waals surface area contributed by atoms with Gasteiger partial charge >= 0.3 is 6.09 Å². The predicted molar refractivity (Wildman–Crippen MR) is 137 cm³/mol. The monoisotopic (exact) mass is 552 g/mol. The summed E-state index contributed by atoms with van der Waals surface area (Å²) in [6, 6.07) is 15.8. The zero-order valence-corrected chi connectivity index (χ0v) is 20.9. The van der Waals surface area contributed by atoms with E-state index in [0.29, 0.717) is 24.0 Å². The molecule has 0 saturated carbocycles. The molecule has 0 aliphatic carbocycles. The summed E-state index contributed by atoms with van der Waals surface area (Å²) in [6.07, 6.45) is 1.89. The van der Waals surface area contributed by atoms with Crippen molar-refractivity contribution in [3.8, 4) is 5.75 Å². The summed E-state index contributed by atoms with van der Waals surface area (Å²) in [5.74, 6) is -0.181. The summed E-state index contributed by atoms with van der Waals surface area (Å²) in [7, 11) is 0. The highest BCUT2D eigenvalue weighted by atomic mass is 79.9. The van der Waals surface area contributed by atoms with E-state index in [2.05, 4.69) is 31.4 Å². The van der Waals surface area contributed by atoms with Gasteiger partial charge in [0.1, 0.15) is 23.0 Å². The Morgan fingerprint density at radius 3 is 2.78 bits per heavy atom. The molecular formula is C26H25BrN4O5. The highest BCUT2D eigenvalue weighted by Crippen LogP contribution is 2.33. The molecule has 1 fully saturated rings. The Morgan fingerprint density at radius 2 is 2.00 bits per heavy atom. The van der Waals surface area contributed by atoms with Gasteiger partial charge in [-0.2, -0.15) is 0 Å². The van der Waals surface area contributed by atoms with Crippen LogP contribution in [0.15, 0.2) is 65.9 Å². The van der Waals surface area contributed by atoms with E-state index >= 15 is 0 Å². The number of rotatable bonds is 6. The summed E-state index contributed by atoms with van der Waals surface area (Å²) in [5.41, 5.74) is 2.57. The van der Waals surface area contributed by atoms with Gasteiger partial charge in [0.05, 0.1) is 12.1 Å². The van der Waals surface area contributed by atoms with Crippen molar-refractivity contribution in [3.05, 3.63) is 71.9 Å². The van der Waals surface area contributed by atoms with E-state index in [0.717, 1.165) is 22.0 Å². The summed E-state index contributed by atoms with van der Waals surface area (Å²) in [6.45, 7) is 0.655. The lowest BCUT2D eigenvalue weighted by Gasteiger charge is -2.23. The molecule has 2 aliphatic heterocycles. The number of oxime groups is 1. The lowest BCUT2D eigenvalue weighted by Crippen LogP contribution is -2.47. The van der Waals surface area contributed by atoms with Crippen LogP contribution in [0.1, 0.15) is 29.9 Å². The van der Waals surface area contributed by atoms with Crippen LogP contribution >= 0.6 is 15.9 Å². The van der Waals surface area contributed by atoms with Crippen molar-refractivity contribution in [3.63, 3.8) is 0 Å². The van der Waals surface area contributed by atoms with Gasteiger partial charge in [0.15, 0.2) is 6.10 Å². The number of nitrogens with zero attached hydrogens (tertiary/aromatic N) is 3. The fourth-order valence-corrected chi connectivity index (χ4v) is 4.98. The van der Waals surface area contributed by atoms with Crippen molar-refractivity contribution >= 4 is 43.5 Å². The maximum absolute atomic E-state index is 13.1. The minimum absolute atomic E-state index is 0.0483. The van der Waals surface area contributed by atoms with Crippen LogP contribution in [-0.2, 0) is 21.0 Å². The number of aromatic hydroxyl groups is 1. The Morgan fingerprint density at radius 1 is 1.19 bits per heavy atom. The largest absolute Gasteiger partial charge is 0.508 e. The molecule has 3 heterocycles. The van der Waals surface area contributed by atoms with Crippen LogP contribution in [0, 0.1) is 0 Å². The van der Waals surface area contributed by atoms with Crippen LogP contribution in [0.5, 0.6) is 5.75 Å². The number of hydrogen-bond donors (Lipinski definition) is 2. The second-order valence-corrected chi connectivity index (χ2v) is 9.84. The number of pyridine rings is 1. The minimum atomic E-state index is -0.697. The van der Waals surface area contributed by atoms with Gasteiger partial charge in [-0.15, -0.1) is 0 Å². The number of phenols is 1. The third-order valence-corrected chi connectivity index (χ3v) is 6.88. The molecule has 0 bridgehead atoms. The fourth-order valence-electron chi connectivity index (χ4n) is 4.53. The first kappa shape index (κ1) is 24.1. The van der Waals surface area contributed by atoms with E-state index in [4.69, 9.17) is 9.57 Å². The quantitative estimate of drug-likeness (QED) is 0.477. The van der Waals surface area contributed by atoms with Crippen molar-refractivity contribution in [2.24, 2.45) is 5.16 Å². The smallest absolute Gasteiger partial charge is 0.410 e. The number of fused-ring (bicyclic) bond motifs is 1. The van der Waals surface area contributed by atoms with Crippen molar-refractivity contribution in [1.82, 2.24) is 15.2 Å². The number of halogens is 1. The number of para-hydroxylation sites is 1. The SMILES string of the molecule is O=C(NCC1CC(Br)=NO1)C1CC(c2ccc(O)cc2)CN1C(=O)OCc1cnc2ccccc2c1. The molecule has 3 atom stereocenters. The normalized spacial score (nSPS) is 21.2. The Bertz CT molecular complexity index is 1300. The molecule has 3 aromatic rings. The summed E-state index contributed by atoms with van der Waals surface area (Å²) in [5, 5.41) is 17.3. The van der Waals surface area contributed by atoms with Crippen LogP contribution < -0.4 is 5.32 Å². The summed E-state index contributed by atoms with van der Waals surface area (Å²) >= 11 is 3.29. The van der Waals surface area contributed by atoms with Crippen molar-refractivity contribution < 1.29 is 24.3 Å². The molecule has 10 heteroatoms. The zero-order valence-electron chi connectivity index (χ0n) is 19.3. The number of aromatic nitrogens is 1. The second kappa shape index (κ2) is 10.5. The highest BCUT2D eigenvalue weighted by molar-refractivity contribution is 9.18. The van der Waals surface area contributed by atoms with Gasteiger partial charge in [-0.25, -0.2) is 4.79 Å². The Hall–Kier alpha value is -3.66. The molecule has 2 N–H and O–H groups in total. The first-order chi connectivity index (χ1) is 17.5. The number of ether oxygens (including phenoxy) is 1. The Kier molecular flexibility index (Phi) is 7.04. The van der Waals surface area contributed by atoms with E-state index < -0.39 is 12.1 Å². The number of nitrogens with one attached hydrogen (secondary N) is 1. The minimum Gasteiger partial charge on any atom is -0.508 e. The standard InChI is InChI=1S/C26H25BrN4O5/c27-24-11-21(36-30-24)13-29-25(33)23-10-19(17-5-7-20(32)8-6-17)14-31(23)26(34)35-15-16-9-18-3-1-2-4-22(18)28-12-16/h1-9,12,19,21,23,32H,10-11,13-15H2,(H,29,33). The van der Waals surface area contributed by atoms with E-state index in [9.17, 15) is 14.7 Å². The van der Waals surface area contributed by atoms with Gasteiger partial charge in [-0.3, -0.25) is 14.7 Å². The van der Waals surface area contributed by atoms with Crippen molar-refractivity contribution in [1.29, 1.82) is 0 Å². The Labute approximate surface area is 216 Å². The van der Waals surface area contributed by atoms with Gasteiger partial charge in [-0.1, -0.05) is 35.5 Å². The number of carbonyl (C=O) groups excluding carboxylic acids is 2. The lowest BCUT2D eigenvalue weighted by molar-refractivity contribution is -0.125. The molecule has 2 amide bonds. The molecule has 2 aromatic carbocycles.